The summed E-state index contributed by atoms with van der Waals surface area (Å²) in [6, 6.07) is 0.714. The van der Waals surface area contributed by atoms with Crippen LogP contribution >= 0.6 is 23.5 Å². The van der Waals surface area contributed by atoms with Gasteiger partial charge in [0.1, 0.15) is 0 Å². The molecule has 1 rings (SSSR count). The molecule has 1 atom stereocenters. The van der Waals surface area contributed by atoms with Gasteiger partial charge < -0.3 is 10.2 Å². The van der Waals surface area contributed by atoms with Gasteiger partial charge >= 0.3 is 0 Å². The summed E-state index contributed by atoms with van der Waals surface area (Å²) in [5.41, 5.74) is 0. The van der Waals surface area contributed by atoms with E-state index in [1.807, 2.05) is 11.8 Å². The van der Waals surface area contributed by atoms with Gasteiger partial charge in [0, 0.05) is 42.9 Å². The van der Waals surface area contributed by atoms with Crippen molar-refractivity contribution >= 4 is 23.5 Å². The van der Waals surface area contributed by atoms with Crippen molar-refractivity contribution in [2.24, 2.45) is 0 Å². The highest BCUT2D eigenvalue weighted by atomic mass is 32.2. The van der Waals surface area contributed by atoms with E-state index in [0.29, 0.717) is 6.04 Å². The maximum absolute atomic E-state index is 3.56. The molecule has 2 nitrogen and oxygen atoms in total. The maximum atomic E-state index is 3.56. The van der Waals surface area contributed by atoms with E-state index in [1.54, 1.807) is 0 Å². The van der Waals surface area contributed by atoms with Crippen LogP contribution in [0.1, 0.15) is 0 Å². The maximum Gasteiger partial charge on any atom is 0.0285 e. The standard InChI is InChI=1S/C9H20N2S2/c1-11(4-6-12-2)7-9-8-13-5-3-10-9/h9-10H,3-8H2,1-2H3. The predicted octanol–water partition coefficient (Wildman–Crippen LogP) is 0.986. The lowest BCUT2D eigenvalue weighted by Gasteiger charge is -2.27. The predicted molar refractivity (Wildman–Crippen MR) is 65.0 cm³/mol. The fourth-order valence-corrected chi connectivity index (χ4v) is 2.88. The number of likely N-dealkylation sites (N-methyl/N-ethyl adjacent to an activating group) is 1. The van der Waals surface area contributed by atoms with Crippen molar-refractivity contribution in [1.29, 1.82) is 0 Å². The van der Waals surface area contributed by atoms with Gasteiger partial charge in [0.05, 0.1) is 0 Å². The lowest BCUT2D eigenvalue weighted by atomic mass is 10.3. The van der Waals surface area contributed by atoms with E-state index < -0.39 is 0 Å². The van der Waals surface area contributed by atoms with E-state index >= 15 is 0 Å². The SMILES string of the molecule is CSCCN(C)CC1CSCCN1. The van der Waals surface area contributed by atoms with Crippen LogP contribution in [0.5, 0.6) is 0 Å². The molecule has 1 aliphatic rings. The Morgan fingerprint density at radius 1 is 1.62 bits per heavy atom. The number of rotatable bonds is 5. The van der Waals surface area contributed by atoms with Gasteiger partial charge in [-0.05, 0) is 13.3 Å². The highest BCUT2D eigenvalue weighted by Gasteiger charge is 2.14. The Hall–Kier alpha value is 0.620. The summed E-state index contributed by atoms with van der Waals surface area (Å²) in [5.74, 6) is 3.81. The van der Waals surface area contributed by atoms with Crippen LogP contribution in [0.3, 0.4) is 0 Å². The Balaban J connectivity index is 2.07. The van der Waals surface area contributed by atoms with E-state index in [9.17, 15) is 0 Å². The van der Waals surface area contributed by atoms with E-state index in [4.69, 9.17) is 0 Å². The van der Waals surface area contributed by atoms with Gasteiger partial charge in [-0.3, -0.25) is 0 Å². The van der Waals surface area contributed by atoms with Gasteiger partial charge in [-0.1, -0.05) is 0 Å². The zero-order chi connectivity index (χ0) is 9.52. The van der Waals surface area contributed by atoms with Gasteiger partial charge in [0.2, 0.25) is 0 Å². The van der Waals surface area contributed by atoms with Crippen LogP contribution in [0, 0.1) is 0 Å². The van der Waals surface area contributed by atoms with Gasteiger partial charge in [-0.15, -0.1) is 0 Å². The second-order valence-corrected chi connectivity index (χ2v) is 5.62. The van der Waals surface area contributed by atoms with Gasteiger partial charge in [-0.2, -0.15) is 23.5 Å². The summed E-state index contributed by atoms with van der Waals surface area (Å²) in [7, 11) is 2.22. The minimum absolute atomic E-state index is 0.714. The van der Waals surface area contributed by atoms with E-state index in [-0.39, 0.29) is 0 Å². The molecule has 0 aromatic rings. The second kappa shape index (κ2) is 6.98. The van der Waals surface area contributed by atoms with Gasteiger partial charge in [-0.25, -0.2) is 0 Å². The minimum Gasteiger partial charge on any atom is -0.311 e. The van der Waals surface area contributed by atoms with Crippen LogP contribution in [0.4, 0.5) is 0 Å². The summed E-state index contributed by atoms with van der Waals surface area (Å²) in [5, 5.41) is 3.56. The quantitative estimate of drug-likeness (QED) is 0.743. The molecule has 0 aromatic carbocycles. The summed E-state index contributed by atoms with van der Waals surface area (Å²) < 4.78 is 0. The molecule has 0 spiro atoms. The summed E-state index contributed by atoms with van der Waals surface area (Å²) in [4.78, 5) is 2.43. The second-order valence-electron chi connectivity index (χ2n) is 3.48. The Morgan fingerprint density at radius 2 is 2.46 bits per heavy atom. The normalized spacial score (nSPS) is 23.8. The number of nitrogens with one attached hydrogen (secondary N) is 1. The first-order valence-electron chi connectivity index (χ1n) is 4.81. The van der Waals surface area contributed by atoms with Crippen molar-refractivity contribution in [2.75, 3.05) is 50.2 Å². The molecule has 1 aliphatic heterocycles. The first-order chi connectivity index (χ1) is 6.33. The topological polar surface area (TPSA) is 15.3 Å². The average Bonchev–Trinajstić information content (AvgIpc) is 2.16. The molecule has 0 bridgehead atoms. The summed E-state index contributed by atoms with van der Waals surface area (Å²) in [6.07, 6.45) is 2.17. The van der Waals surface area contributed by atoms with Crippen molar-refractivity contribution in [2.45, 2.75) is 6.04 Å². The zero-order valence-corrected chi connectivity index (χ0v) is 10.2. The molecule has 4 heteroatoms. The molecule has 0 saturated carbocycles. The summed E-state index contributed by atoms with van der Waals surface area (Å²) in [6.45, 7) is 3.60. The van der Waals surface area contributed by atoms with Crippen LogP contribution in [0.15, 0.2) is 0 Å². The Kier molecular flexibility index (Phi) is 6.28. The van der Waals surface area contributed by atoms with Crippen molar-refractivity contribution in [3.8, 4) is 0 Å². The van der Waals surface area contributed by atoms with Crippen LogP contribution in [0.25, 0.3) is 0 Å². The van der Waals surface area contributed by atoms with Gasteiger partial charge in [0.25, 0.3) is 0 Å². The summed E-state index contributed by atoms with van der Waals surface area (Å²) >= 11 is 4.00. The number of thioether (sulfide) groups is 2. The molecule has 1 N–H and O–H groups in total. The Labute approximate surface area is 90.2 Å². The van der Waals surface area contributed by atoms with E-state index in [1.165, 1.54) is 36.9 Å². The first-order valence-corrected chi connectivity index (χ1v) is 7.36. The molecular weight excluding hydrogens is 200 g/mol. The van der Waals surface area contributed by atoms with Crippen molar-refractivity contribution < 1.29 is 0 Å². The molecule has 1 fully saturated rings. The number of nitrogens with zero attached hydrogens (tertiary/aromatic N) is 1. The molecule has 1 heterocycles. The van der Waals surface area contributed by atoms with Crippen LogP contribution in [-0.4, -0.2) is 61.1 Å². The average molecular weight is 220 g/mol. The third kappa shape index (κ3) is 5.15. The van der Waals surface area contributed by atoms with E-state index in [2.05, 4.69) is 35.3 Å². The number of hydrogen-bond donors (Lipinski definition) is 1. The smallest absolute Gasteiger partial charge is 0.0285 e. The third-order valence-corrected chi connectivity index (χ3v) is 3.93. The van der Waals surface area contributed by atoms with Crippen molar-refractivity contribution in [3.05, 3.63) is 0 Å². The van der Waals surface area contributed by atoms with Crippen molar-refractivity contribution in [1.82, 2.24) is 10.2 Å². The first kappa shape index (κ1) is 11.7. The Bertz CT molecular complexity index is 127. The highest BCUT2D eigenvalue weighted by Crippen LogP contribution is 2.08. The van der Waals surface area contributed by atoms with Crippen LogP contribution < -0.4 is 5.32 Å². The molecule has 0 amide bonds. The largest absolute Gasteiger partial charge is 0.311 e. The van der Waals surface area contributed by atoms with E-state index in [0.717, 1.165) is 0 Å². The molecule has 78 valence electrons. The van der Waals surface area contributed by atoms with Crippen LogP contribution in [-0.2, 0) is 0 Å². The molecule has 1 saturated heterocycles. The molecule has 0 aromatic heterocycles. The van der Waals surface area contributed by atoms with Crippen molar-refractivity contribution in [3.63, 3.8) is 0 Å². The number of hydrogen-bond acceptors (Lipinski definition) is 4. The highest BCUT2D eigenvalue weighted by molar-refractivity contribution is 7.99. The molecule has 13 heavy (non-hydrogen) atoms. The molecule has 1 unspecified atom stereocenters. The zero-order valence-electron chi connectivity index (χ0n) is 8.58. The third-order valence-electron chi connectivity index (χ3n) is 2.21. The lowest BCUT2D eigenvalue weighted by Crippen LogP contribution is -2.45. The molecular formula is C9H20N2S2. The van der Waals surface area contributed by atoms with Gasteiger partial charge in [0.15, 0.2) is 0 Å². The molecule has 0 aliphatic carbocycles. The lowest BCUT2D eigenvalue weighted by molar-refractivity contribution is 0.315. The molecule has 0 radical (unpaired) electrons. The monoisotopic (exact) mass is 220 g/mol. The minimum atomic E-state index is 0.714. The fraction of sp³-hybridized carbons (Fsp3) is 1.00. The fourth-order valence-electron chi connectivity index (χ4n) is 1.45. The van der Waals surface area contributed by atoms with Crippen LogP contribution in [0.2, 0.25) is 0 Å². The Morgan fingerprint density at radius 3 is 3.08 bits per heavy atom.